The molecule has 4 N–H and O–H groups in total. The molecule has 2 aromatic carbocycles. The summed E-state index contributed by atoms with van der Waals surface area (Å²) in [5, 5.41) is 8.58. The van der Waals surface area contributed by atoms with Crippen LogP contribution in [-0.4, -0.2) is 36.6 Å². The van der Waals surface area contributed by atoms with Crippen LogP contribution in [-0.2, 0) is 10.0 Å². The average molecular weight is 493 g/mol. The quantitative estimate of drug-likeness (QED) is 0.370. The molecule has 174 valence electrons. The molecular weight excluding hydrogens is 471 g/mol. The summed E-state index contributed by atoms with van der Waals surface area (Å²) in [5.41, 5.74) is 0.951. The summed E-state index contributed by atoms with van der Waals surface area (Å²) in [6.45, 7) is 3.64. The normalized spacial score (nSPS) is 11.2. The Balaban J connectivity index is 1.87. The van der Waals surface area contributed by atoms with Crippen LogP contribution in [0, 0.1) is 5.82 Å². The molecule has 0 unspecified atom stereocenters. The van der Waals surface area contributed by atoms with Gasteiger partial charge in [0.1, 0.15) is 10.8 Å². The van der Waals surface area contributed by atoms with Crippen molar-refractivity contribution in [3.63, 3.8) is 0 Å². The van der Waals surface area contributed by atoms with Crippen LogP contribution < -0.4 is 20.7 Å². The van der Waals surface area contributed by atoms with Gasteiger partial charge in [-0.1, -0.05) is 23.7 Å². The minimum Gasteiger partial charge on any atom is -0.350 e. The first-order valence-electron chi connectivity index (χ1n) is 9.75. The fourth-order valence-electron chi connectivity index (χ4n) is 2.75. The highest BCUT2D eigenvalue weighted by Crippen LogP contribution is 2.30. The summed E-state index contributed by atoms with van der Waals surface area (Å²) in [5.74, 6) is -0.781. The largest absolute Gasteiger partial charge is 0.350 e. The number of para-hydroxylation sites is 2. The van der Waals surface area contributed by atoms with Crippen molar-refractivity contribution in [3.8, 4) is 0 Å². The molecule has 1 heterocycles. The fourth-order valence-corrected chi connectivity index (χ4v) is 3.47. The number of nitrogens with zero attached hydrogens (tertiary/aromatic N) is 2. The van der Waals surface area contributed by atoms with E-state index in [-0.39, 0.29) is 40.0 Å². The van der Waals surface area contributed by atoms with E-state index < -0.39 is 15.8 Å². The van der Waals surface area contributed by atoms with Gasteiger partial charge in [0.2, 0.25) is 16.0 Å². The van der Waals surface area contributed by atoms with Crippen molar-refractivity contribution in [2.45, 2.75) is 19.9 Å². The number of anilines is 5. The average Bonchev–Trinajstić information content (AvgIpc) is 2.72. The maximum absolute atomic E-state index is 14.4. The van der Waals surface area contributed by atoms with Gasteiger partial charge in [-0.05, 0) is 44.2 Å². The van der Waals surface area contributed by atoms with Crippen molar-refractivity contribution in [2.24, 2.45) is 0 Å². The molecule has 0 aliphatic heterocycles. The second-order valence-corrected chi connectivity index (χ2v) is 9.54. The number of nitrogens with one attached hydrogen (secondary N) is 4. The van der Waals surface area contributed by atoms with Crippen molar-refractivity contribution in [3.05, 3.63) is 65.1 Å². The van der Waals surface area contributed by atoms with Crippen LogP contribution in [0.3, 0.4) is 0 Å². The molecule has 9 nitrogen and oxygen atoms in total. The lowest BCUT2D eigenvalue weighted by Crippen LogP contribution is -2.30. The van der Waals surface area contributed by atoms with E-state index in [4.69, 9.17) is 11.6 Å². The number of hydrogen-bond acceptors (Lipinski definition) is 7. The Morgan fingerprint density at radius 1 is 1.06 bits per heavy atom. The van der Waals surface area contributed by atoms with Crippen molar-refractivity contribution < 1.29 is 17.6 Å². The van der Waals surface area contributed by atoms with Crippen LogP contribution in [0.5, 0.6) is 0 Å². The smallest absolute Gasteiger partial charge is 0.251 e. The zero-order chi connectivity index (χ0) is 24.2. The van der Waals surface area contributed by atoms with E-state index in [9.17, 15) is 17.6 Å². The van der Waals surface area contributed by atoms with E-state index in [1.807, 2.05) is 13.8 Å². The number of amides is 1. The third kappa shape index (κ3) is 6.77. The molecule has 3 aromatic rings. The van der Waals surface area contributed by atoms with E-state index in [2.05, 4.69) is 30.6 Å². The zero-order valence-electron chi connectivity index (χ0n) is 18.0. The van der Waals surface area contributed by atoms with E-state index in [1.165, 1.54) is 24.4 Å². The monoisotopic (exact) mass is 492 g/mol. The molecule has 0 bridgehead atoms. The molecule has 0 spiro atoms. The van der Waals surface area contributed by atoms with Gasteiger partial charge >= 0.3 is 0 Å². The van der Waals surface area contributed by atoms with Gasteiger partial charge in [-0.25, -0.2) is 17.8 Å². The Bertz CT molecular complexity index is 1290. The Morgan fingerprint density at radius 3 is 2.42 bits per heavy atom. The molecule has 1 amide bonds. The highest BCUT2D eigenvalue weighted by molar-refractivity contribution is 7.92. The number of carbonyl (C=O) groups excluding carboxylic acids is 1. The zero-order valence-corrected chi connectivity index (χ0v) is 19.6. The molecule has 0 atom stereocenters. The van der Waals surface area contributed by atoms with Crippen LogP contribution in [0.15, 0.2) is 48.7 Å². The maximum Gasteiger partial charge on any atom is 0.251 e. The third-order valence-electron chi connectivity index (χ3n) is 4.11. The lowest BCUT2D eigenvalue weighted by Gasteiger charge is -2.14. The van der Waals surface area contributed by atoms with Crippen LogP contribution >= 0.6 is 11.6 Å². The molecule has 0 saturated carbocycles. The van der Waals surface area contributed by atoms with Gasteiger partial charge in [-0.3, -0.25) is 9.52 Å². The topological polar surface area (TPSA) is 125 Å². The molecule has 0 saturated heterocycles. The number of benzene rings is 2. The Hall–Kier alpha value is -3.44. The Labute approximate surface area is 195 Å². The van der Waals surface area contributed by atoms with Gasteiger partial charge in [0.15, 0.2) is 5.82 Å². The predicted octanol–water partition coefficient (Wildman–Crippen LogP) is 4.27. The van der Waals surface area contributed by atoms with Crippen LogP contribution in [0.25, 0.3) is 0 Å². The molecular formula is C21H22ClFN6O3S. The van der Waals surface area contributed by atoms with E-state index in [0.29, 0.717) is 11.4 Å². The van der Waals surface area contributed by atoms with Crippen molar-refractivity contribution in [2.75, 3.05) is 21.6 Å². The first-order valence-corrected chi connectivity index (χ1v) is 12.0. The van der Waals surface area contributed by atoms with Crippen LogP contribution in [0.4, 0.5) is 33.2 Å². The van der Waals surface area contributed by atoms with Gasteiger partial charge in [0, 0.05) is 11.6 Å². The first-order chi connectivity index (χ1) is 15.5. The van der Waals surface area contributed by atoms with Crippen molar-refractivity contribution in [1.29, 1.82) is 0 Å². The molecule has 0 aliphatic carbocycles. The minimum absolute atomic E-state index is 0.00109. The number of sulfonamides is 1. The molecule has 0 aliphatic rings. The Kier molecular flexibility index (Phi) is 7.34. The molecule has 1 aromatic heterocycles. The molecule has 0 fully saturated rings. The third-order valence-corrected chi connectivity index (χ3v) is 4.98. The maximum atomic E-state index is 14.4. The lowest BCUT2D eigenvalue weighted by atomic mass is 10.1. The number of carbonyl (C=O) groups is 1. The summed E-state index contributed by atoms with van der Waals surface area (Å²) in [6.07, 6.45) is 2.34. The summed E-state index contributed by atoms with van der Waals surface area (Å²) >= 11 is 6.20. The highest BCUT2D eigenvalue weighted by Gasteiger charge is 2.14. The van der Waals surface area contributed by atoms with Crippen LogP contribution in [0.2, 0.25) is 5.02 Å². The van der Waals surface area contributed by atoms with Crippen molar-refractivity contribution >= 4 is 56.4 Å². The number of aromatic nitrogens is 2. The van der Waals surface area contributed by atoms with Gasteiger partial charge in [0.25, 0.3) is 5.91 Å². The molecule has 33 heavy (non-hydrogen) atoms. The first kappa shape index (κ1) is 24.2. The van der Waals surface area contributed by atoms with Gasteiger partial charge < -0.3 is 16.0 Å². The van der Waals surface area contributed by atoms with E-state index in [1.54, 1.807) is 24.3 Å². The van der Waals surface area contributed by atoms with Crippen LogP contribution in [0.1, 0.15) is 24.2 Å². The lowest BCUT2D eigenvalue weighted by molar-refractivity contribution is 0.0943. The fraction of sp³-hybridized carbons (Fsp3) is 0.190. The predicted molar refractivity (Wildman–Crippen MR) is 128 cm³/mol. The Morgan fingerprint density at radius 2 is 1.76 bits per heavy atom. The van der Waals surface area contributed by atoms with Gasteiger partial charge in [-0.15, -0.1) is 0 Å². The second-order valence-electron chi connectivity index (χ2n) is 7.38. The second kappa shape index (κ2) is 10.0. The SMILES string of the molecule is CC(C)NC(=O)c1ccc(F)c(Nc2ncc(Cl)c(Nc3ccccc3NS(C)(=O)=O)n2)c1. The number of rotatable bonds is 8. The molecule has 3 rings (SSSR count). The summed E-state index contributed by atoms with van der Waals surface area (Å²) in [4.78, 5) is 20.5. The van der Waals surface area contributed by atoms with E-state index >= 15 is 0 Å². The standard InChI is InChI=1S/C21H22ClFN6O3S/c1-12(2)25-20(30)13-8-9-15(23)18(10-13)27-21-24-11-14(22)19(28-21)26-16-6-4-5-7-17(16)29-33(3,31)32/h4-12,29H,1-3H3,(H,25,30)(H2,24,26,27,28). The number of hydrogen-bond donors (Lipinski definition) is 4. The van der Waals surface area contributed by atoms with Gasteiger partial charge in [0.05, 0.1) is 29.5 Å². The van der Waals surface area contributed by atoms with Crippen molar-refractivity contribution in [1.82, 2.24) is 15.3 Å². The van der Waals surface area contributed by atoms with Gasteiger partial charge in [-0.2, -0.15) is 4.98 Å². The highest BCUT2D eigenvalue weighted by atomic mass is 35.5. The summed E-state index contributed by atoms with van der Waals surface area (Å²) in [6, 6.07) is 10.4. The minimum atomic E-state index is -3.52. The summed E-state index contributed by atoms with van der Waals surface area (Å²) < 4.78 is 40.0. The molecule has 12 heteroatoms. The summed E-state index contributed by atoms with van der Waals surface area (Å²) in [7, 11) is -3.52. The van der Waals surface area contributed by atoms with E-state index in [0.717, 1.165) is 6.26 Å². The number of halogens is 2. The molecule has 0 radical (unpaired) electrons.